The third-order valence-electron chi connectivity index (χ3n) is 1.67. The van der Waals surface area contributed by atoms with Gasteiger partial charge in [-0.15, -0.1) is 0 Å². The largest absolute Gasteiger partial charge is 0.507 e. The summed E-state index contributed by atoms with van der Waals surface area (Å²) < 4.78 is 2.26. The van der Waals surface area contributed by atoms with Crippen molar-refractivity contribution >= 4 is 44.7 Å². The molecule has 0 aliphatic carbocycles. The van der Waals surface area contributed by atoms with Crippen LogP contribution in [-0.4, -0.2) is 33.9 Å². The van der Waals surface area contributed by atoms with Crippen LogP contribution in [0.4, 0.5) is 0 Å². The Morgan fingerprint density at radius 2 is 2.20 bits per heavy atom. The van der Waals surface area contributed by atoms with Crippen molar-refractivity contribution in [1.82, 2.24) is 0 Å². The van der Waals surface area contributed by atoms with Crippen LogP contribution in [0.5, 0.6) is 5.75 Å². The van der Waals surface area contributed by atoms with Crippen LogP contribution in [-0.2, 0) is 0 Å². The Bertz CT molecular complexity index is 301. The van der Waals surface area contributed by atoms with Crippen LogP contribution >= 0.6 is 15.9 Å². The predicted molar refractivity (Wildman–Crippen MR) is 68.1 cm³/mol. The maximum absolute atomic E-state index is 10.2. The molecule has 0 saturated carbocycles. The Labute approximate surface area is 112 Å². The molecule has 0 bridgehead atoms. The van der Waals surface area contributed by atoms with Gasteiger partial charge in [0, 0.05) is 4.47 Å². The summed E-state index contributed by atoms with van der Waals surface area (Å²) in [7, 11) is 0. The summed E-state index contributed by atoms with van der Waals surface area (Å²) in [6, 6.07) is 4.69. The van der Waals surface area contributed by atoms with Crippen LogP contribution in [0, 0.1) is 0 Å². The number of aromatic hydroxyl groups is 1. The molecular weight excluding hydrogens is 363 g/mol. The van der Waals surface area contributed by atoms with Gasteiger partial charge in [-0.25, -0.2) is 0 Å². The van der Waals surface area contributed by atoms with E-state index in [-0.39, 0.29) is 5.75 Å². The third-order valence-corrected chi connectivity index (χ3v) is 3.33. The molecule has 0 aliphatic heterocycles. The van der Waals surface area contributed by atoms with Gasteiger partial charge in [0.15, 0.2) is 6.29 Å². The van der Waals surface area contributed by atoms with Crippen LogP contribution in [0.25, 0.3) is 0 Å². The molecule has 1 rings (SSSR count). The van der Waals surface area contributed by atoms with E-state index in [0.717, 1.165) is 4.47 Å². The van der Waals surface area contributed by atoms with E-state index < -0.39 is 0 Å². The van der Waals surface area contributed by atoms with Gasteiger partial charge in [-0.05, 0) is 18.2 Å². The number of halogens is 1. The second-order valence-electron chi connectivity index (χ2n) is 2.96. The van der Waals surface area contributed by atoms with Gasteiger partial charge in [0.25, 0.3) is 0 Å². The monoisotopic (exact) mass is 378 g/mol. The molecule has 1 aromatic carbocycles. The Morgan fingerprint density at radius 1 is 1.53 bits per heavy atom. The maximum atomic E-state index is 10.2. The first-order valence-electron chi connectivity index (χ1n) is 4.79. The smallest absolute Gasteiger partial charge is 0.153 e. The van der Waals surface area contributed by atoms with Gasteiger partial charge in [-0.1, -0.05) is 15.9 Å². The van der Waals surface area contributed by atoms with E-state index in [1.165, 1.54) is 45.9 Å². The van der Waals surface area contributed by atoms with Crippen molar-refractivity contribution in [3.05, 3.63) is 28.2 Å². The number of phenols is 1. The molecule has 2 nitrogen and oxygen atoms in total. The van der Waals surface area contributed by atoms with Gasteiger partial charge in [0.05, 0.1) is 5.56 Å². The summed E-state index contributed by atoms with van der Waals surface area (Å²) in [5, 5.41) is 8.98. The fraction of sp³-hybridized carbons (Fsp3) is 0.364. The van der Waals surface area contributed by atoms with E-state index in [1.807, 2.05) is 0 Å². The number of carbonyl (C=O) groups excluding carboxylic acids is 1. The summed E-state index contributed by atoms with van der Waals surface area (Å²) >= 11 is 4.62. The van der Waals surface area contributed by atoms with Crippen LogP contribution in [0.2, 0.25) is 4.44 Å². The molecule has 0 amide bonds. The van der Waals surface area contributed by atoms with Crippen LogP contribution < -0.4 is 0 Å². The van der Waals surface area contributed by atoms with Crippen molar-refractivity contribution in [3.8, 4) is 5.75 Å². The third kappa shape index (κ3) is 6.95. The molecule has 2 radical (unpaired) electrons. The minimum Gasteiger partial charge on any atom is -0.507 e. The first-order chi connectivity index (χ1) is 7.15. The minimum atomic E-state index is 0.0122. The first-order valence-corrected chi connectivity index (χ1v) is 7.91. The van der Waals surface area contributed by atoms with Gasteiger partial charge in [-0.2, -0.15) is 0 Å². The molecule has 0 heterocycles. The van der Waals surface area contributed by atoms with Crippen molar-refractivity contribution in [2.75, 3.05) is 0 Å². The van der Waals surface area contributed by atoms with Gasteiger partial charge in [0.2, 0.25) is 0 Å². The molecule has 0 fully saturated rings. The normalized spacial score (nSPS) is 9.00. The fourth-order valence-corrected chi connectivity index (χ4v) is 2.37. The minimum absolute atomic E-state index is 0.0122. The molecule has 1 N–H and O–H groups in total. The molecule has 82 valence electrons. The number of hydrogen-bond acceptors (Lipinski definition) is 2. The zero-order chi connectivity index (χ0) is 11.7. The number of hydrogen-bond donors (Lipinski definition) is 1. The quantitative estimate of drug-likeness (QED) is 0.649. The average Bonchev–Trinajstić information content (AvgIpc) is 2.24. The van der Waals surface area contributed by atoms with Crippen molar-refractivity contribution in [3.63, 3.8) is 0 Å². The van der Waals surface area contributed by atoms with E-state index in [2.05, 4.69) is 22.9 Å². The van der Waals surface area contributed by atoms with Crippen molar-refractivity contribution in [1.29, 1.82) is 0 Å². The molecular formula is C11H15BrO2Sn. The number of rotatable bonds is 3. The summed E-state index contributed by atoms with van der Waals surface area (Å²) in [4.78, 5) is 10.2. The standard InChI is InChI=1S/C7H5BrO2.C4H9.Sn.H/c8-6-1-2-7(10)5(3-6)4-9;1-3-4-2;;/h1-4,10H;1,3-4H2,2H3;;. The Balaban J connectivity index is 0.000000336. The molecule has 4 heteroatoms. The van der Waals surface area contributed by atoms with E-state index in [0.29, 0.717) is 11.8 Å². The first kappa shape index (κ1) is 15.0. The molecule has 15 heavy (non-hydrogen) atoms. The van der Waals surface area contributed by atoms with Crippen LogP contribution in [0.15, 0.2) is 22.7 Å². The zero-order valence-corrected chi connectivity index (χ0v) is 13.6. The molecule has 1 aromatic rings. The Hall–Kier alpha value is -0.0313. The summed E-state index contributed by atoms with van der Waals surface area (Å²) in [6.07, 6.45) is 3.43. The second kappa shape index (κ2) is 9.21. The zero-order valence-electron chi connectivity index (χ0n) is 8.74. The van der Waals surface area contributed by atoms with Crippen molar-refractivity contribution < 1.29 is 9.90 Å². The summed E-state index contributed by atoms with van der Waals surface area (Å²) in [6.45, 7) is 2.23. The maximum Gasteiger partial charge on any atom is 0.153 e. The van der Waals surface area contributed by atoms with Crippen LogP contribution in [0.1, 0.15) is 30.1 Å². The summed E-state index contributed by atoms with van der Waals surface area (Å²) in [5.74, 6) is 0.0122. The van der Waals surface area contributed by atoms with Gasteiger partial charge >= 0.3 is 46.7 Å². The number of aldehydes is 1. The van der Waals surface area contributed by atoms with E-state index >= 15 is 0 Å². The fourth-order valence-electron chi connectivity index (χ4n) is 0.824. The van der Waals surface area contributed by atoms with Crippen molar-refractivity contribution in [2.24, 2.45) is 0 Å². The van der Waals surface area contributed by atoms with Crippen molar-refractivity contribution in [2.45, 2.75) is 24.2 Å². The van der Waals surface area contributed by atoms with Gasteiger partial charge < -0.3 is 5.11 Å². The van der Waals surface area contributed by atoms with E-state index in [9.17, 15) is 4.79 Å². The van der Waals surface area contributed by atoms with E-state index in [4.69, 9.17) is 5.11 Å². The molecule has 0 atom stereocenters. The Kier molecular flexibility index (Phi) is 9.19. The molecule has 0 unspecified atom stereocenters. The topological polar surface area (TPSA) is 37.3 Å². The molecule has 0 saturated heterocycles. The number of unbranched alkanes of at least 4 members (excludes halogenated alkanes) is 1. The summed E-state index contributed by atoms with van der Waals surface area (Å²) in [5.41, 5.74) is 0.300. The SMILES string of the molecule is CCC[CH2][SnH].O=Cc1cc(Br)ccc1O. The second-order valence-corrected chi connectivity index (χ2v) is 5.53. The number of benzene rings is 1. The van der Waals surface area contributed by atoms with E-state index in [1.54, 1.807) is 12.1 Å². The van der Waals surface area contributed by atoms with Gasteiger partial charge in [-0.3, -0.25) is 4.79 Å². The molecule has 0 spiro atoms. The van der Waals surface area contributed by atoms with Gasteiger partial charge in [0.1, 0.15) is 5.75 Å². The van der Waals surface area contributed by atoms with Crippen LogP contribution in [0.3, 0.4) is 0 Å². The average molecular weight is 378 g/mol. The number of carbonyl (C=O) groups is 1. The molecule has 0 aliphatic rings. The Morgan fingerprint density at radius 3 is 2.53 bits per heavy atom. The molecule has 0 aromatic heterocycles. The number of phenolic OH excluding ortho intramolecular Hbond substituents is 1. The predicted octanol–water partition coefficient (Wildman–Crippen LogP) is 3.07.